The van der Waals surface area contributed by atoms with E-state index in [1.54, 1.807) is 54.6 Å². The van der Waals surface area contributed by atoms with Gasteiger partial charge >= 0.3 is 0 Å². The molecule has 0 radical (unpaired) electrons. The summed E-state index contributed by atoms with van der Waals surface area (Å²) in [7, 11) is -4.05. The Morgan fingerprint density at radius 3 is 2.26 bits per heavy atom. The lowest BCUT2D eigenvalue weighted by Gasteiger charge is -2.23. The van der Waals surface area contributed by atoms with Gasteiger partial charge in [-0.2, -0.15) is 5.10 Å². The molecule has 0 bridgehead atoms. The molecule has 4 aromatic rings. The molecule has 4 rings (SSSR count). The first-order valence-corrected chi connectivity index (χ1v) is 13.9. The lowest BCUT2D eigenvalue weighted by molar-refractivity contribution is -0.119. The molecule has 1 amide bonds. The monoisotopic (exact) mass is 588 g/mol. The molecule has 7 nitrogen and oxygen atoms in total. The second kappa shape index (κ2) is 11.6. The van der Waals surface area contributed by atoms with E-state index in [2.05, 4.69) is 10.5 Å². The number of hydrogen-bond acceptors (Lipinski definition) is 4. The van der Waals surface area contributed by atoms with Gasteiger partial charge in [0.05, 0.1) is 16.8 Å². The molecule has 3 aromatic carbocycles. The highest BCUT2D eigenvalue weighted by molar-refractivity contribution is 7.92. The van der Waals surface area contributed by atoms with Crippen LogP contribution >= 0.6 is 34.8 Å². The molecule has 0 fully saturated rings. The quantitative estimate of drug-likeness (QED) is 0.191. The fourth-order valence-corrected chi connectivity index (χ4v) is 6.12. The van der Waals surface area contributed by atoms with Gasteiger partial charge in [-0.1, -0.05) is 59.1 Å². The Balaban J connectivity index is 1.55. The molecule has 1 N–H and O–H groups in total. The normalized spacial score (nSPS) is 11.6. The number of nitrogens with one attached hydrogen (secondary N) is 1. The summed E-state index contributed by atoms with van der Waals surface area (Å²) in [5, 5.41) is 5.43. The van der Waals surface area contributed by atoms with Crippen molar-refractivity contribution in [1.82, 2.24) is 9.99 Å². The maximum atomic E-state index is 13.4. The van der Waals surface area contributed by atoms with Crippen molar-refractivity contribution in [3.63, 3.8) is 0 Å². The number of aromatic nitrogens is 1. The summed E-state index contributed by atoms with van der Waals surface area (Å²) in [5.74, 6) is -0.629. The van der Waals surface area contributed by atoms with Gasteiger partial charge in [0, 0.05) is 37.7 Å². The molecule has 0 atom stereocenters. The summed E-state index contributed by atoms with van der Waals surface area (Å²) in [6.07, 6.45) is 1.50. The van der Waals surface area contributed by atoms with Crippen LogP contribution in [-0.2, 0) is 14.8 Å². The zero-order valence-electron chi connectivity index (χ0n) is 20.4. The van der Waals surface area contributed by atoms with Gasteiger partial charge < -0.3 is 4.57 Å². The molecule has 11 heteroatoms. The van der Waals surface area contributed by atoms with E-state index in [9.17, 15) is 13.2 Å². The number of aryl methyl sites for hydroxylation is 1. The molecule has 0 spiro atoms. The second-order valence-electron chi connectivity index (χ2n) is 8.39. The van der Waals surface area contributed by atoms with E-state index in [4.69, 9.17) is 34.8 Å². The third-order valence-electron chi connectivity index (χ3n) is 5.68. The van der Waals surface area contributed by atoms with Crippen LogP contribution in [0.5, 0.6) is 0 Å². The van der Waals surface area contributed by atoms with Crippen LogP contribution in [-0.4, -0.2) is 31.7 Å². The lowest BCUT2D eigenvalue weighted by atomic mass is 10.2. The fraction of sp³-hybridized carbons (Fsp3) is 0.111. The lowest BCUT2D eigenvalue weighted by Crippen LogP contribution is -2.39. The molecule has 38 heavy (non-hydrogen) atoms. The van der Waals surface area contributed by atoms with Gasteiger partial charge in [0.2, 0.25) is 0 Å². The number of hydrogen-bond donors (Lipinski definition) is 1. The first-order valence-electron chi connectivity index (χ1n) is 11.4. The first kappa shape index (κ1) is 27.7. The number of anilines is 1. The molecule has 196 valence electrons. The maximum absolute atomic E-state index is 13.4. The van der Waals surface area contributed by atoms with Crippen LogP contribution in [0.4, 0.5) is 5.69 Å². The average Bonchev–Trinajstić information content (AvgIpc) is 3.15. The fourth-order valence-electron chi connectivity index (χ4n) is 3.99. The maximum Gasteiger partial charge on any atom is 0.264 e. The zero-order chi connectivity index (χ0) is 27.4. The smallest absolute Gasteiger partial charge is 0.264 e. The molecule has 0 unspecified atom stereocenters. The topological polar surface area (TPSA) is 83.8 Å². The Morgan fingerprint density at radius 2 is 1.61 bits per heavy atom. The van der Waals surface area contributed by atoms with Crippen molar-refractivity contribution in [2.45, 2.75) is 18.7 Å². The molecule has 0 saturated carbocycles. The molecule has 0 saturated heterocycles. The van der Waals surface area contributed by atoms with Crippen molar-refractivity contribution in [3.05, 3.63) is 111 Å². The van der Waals surface area contributed by atoms with E-state index in [0.717, 1.165) is 26.9 Å². The summed E-state index contributed by atoms with van der Waals surface area (Å²) in [4.78, 5) is 12.9. The minimum absolute atomic E-state index is 0.0461. The van der Waals surface area contributed by atoms with E-state index in [-0.39, 0.29) is 10.6 Å². The average molecular weight is 590 g/mol. The predicted octanol–water partition coefficient (Wildman–Crippen LogP) is 6.40. The van der Waals surface area contributed by atoms with E-state index >= 15 is 0 Å². The second-order valence-corrected chi connectivity index (χ2v) is 11.6. The number of amides is 1. The van der Waals surface area contributed by atoms with Crippen molar-refractivity contribution < 1.29 is 13.2 Å². The molecule has 1 aromatic heterocycles. The summed E-state index contributed by atoms with van der Waals surface area (Å²) in [6, 6.07) is 21.3. The number of hydrazone groups is 1. The molecular formula is C27H23Cl3N4O3S. The largest absolute Gasteiger partial charge is 0.318 e. The summed E-state index contributed by atoms with van der Waals surface area (Å²) in [6.45, 7) is 3.32. The Labute approximate surface area is 236 Å². The number of benzene rings is 3. The van der Waals surface area contributed by atoms with Crippen LogP contribution in [0.1, 0.15) is 17.0 Å². The van der Waals surface area contributed by atoms with Crippen LogP contribution in [0.25, 0.3) is 5.69 Å². The van der Waals surface area contributed by atoms with Crippen LogP contribution in [0.3, 0.4) is 0 Å². The van der Waals surface area contributed by atoms with Crippen molar-refractivity contribution >= 4 is 62.6 Å². The van der Waals surface area contributed by atoms with E-state index in [1.807, 2.05) is 24.5 Å². The standard InChI is InChI=1S/C27H23Cl3N4O3S/c1-18-11-20(19(2)34(18)25-14-22(29)12-23(30)15-25)16-31-32-27(35)17-33(24-8-6-7-21(28)13-24)38(36,37)26-9-4-3-5-10-26/h3-16H,17H2,1-2H3,(H,32,35)/b31-16-. The SMILES string of the molecule is Cc1cc(/C=N\NC(=O)CN(c2cccc(Cl)c2)S(=O)(=O)c2ccccc2)c(C)n1-c1cc(Cl)cc(Cl)c1. The van der Waals surface area contributed by atoms with Gasteiger partial charge in [-0.05, 0) is 68.4 Å². The van der Waals surface area contributed by atoms with Gasteiger partial charge in [-0.25, -0.2) is 13.8 Å². The third kappa shape index (κ3) is 6.22. The van der Waals surface area contributed by atoms with Gasteiger partial charge in [0.1, 0.15) is 6.54 Å². The van der Waals surface area contributed by atoms with Gasteiger partial charge in [-0.3, -0.25) is 9.10 Å². The van der Waals surface area contributed by atoms with Crippen molar-refractivity contribution in [2.75, 3.05) is 10.8 Å². The molecular weight excluding hydrogens is 567 g/mol. The molecule has 1 heterocycles. The van der Waals surface area contributed by atoms with Crippen molar-refractivity contribution in [1.29, 1.82) is 0 Å². The highest BCUT2D eigenvalue weighted by Gasteiger charge is 2.27. The Kier molecular flexibility index (Phi) is 8.47. The number of carbonyl (C=O) groups excluding carboxylic acids is 1. The van der Waals surface area contributed by atoms with Gasteiger partial charge in [-0.15, -0.1) is 0 Å². The van der Waals surface area contributed by atoms with Crippen LogP contribution < -0.4 is 9.73 Å². The molecule has 0 aliphatic rings. The minimum Gasteiger partial charge on any atom is -0.318 e. The number of sulfonamides is 1. The van der Waals surface area contributed by atoms with E-state index in [1.165, 1.54) is 24.4 Å². The van der Waals surface area contributed by atoms with Crippen molar-refractivity contribution in [3.8, 4) is 5.69 Å². The van der Waals surface area contributed by atoms with Crippen LogP contribution in [0, 0.1) is 13.8 Å². The highest BCUT2D eigenvalue weighted by Crippen LogP contribution is 2.27. The number of halogens is 3. The zero-order valence-corrected chi connectivity index (χ0v) is 23.5. The number of rotatable bonds is 8. The first-order chi connectivity index (χ1) is 18.1. The Bertz CT molecular complexity index is 1600. The summed E-state index contributed by atoms with van der Waals surface area (Å²) in [5.41, 5.74) is 5.99. The van der Waals surface area contributed by atoms with Crippen LogP contribution in [0.2, 0.25) is 15.1 Å². The van der Waals surface area contributed by atoms with Crippen molar-refractivity contribution in [2.24, 2.45) is 5.10 Å². The summed E-state index contributed by atoms with van der Waals surface area (Å²) >= 11 is 18.4. The third-order valence-corrected chi connectivity index (χ3v) is 8.14. The van der Waals surface area contributed by atoms with Crippen LogP contribution in [0.15, 0.2) is 88.9 Å². The Hall–Kier alpha value is -3.30. The predicted molar refractivity (Wildman–Crippen MR) is 153 cm³/mol. The highest BCUT2D eigenvalue weighted by atomic mass is 35.5. The minimum atomic E-state index is -4.05. The van der Waals surface area contributed by atoms with E-state index in [0.29, 0.717) is 15.1 Å². The number of nitrogens with zero attached hydrogens (tertiary/aromatic N) is 3. The molecule has 0 aliphatic heterocycles. The molecule has 0 aliphatic carbocycles. The Morgan fingerprint density at radius 1 is 0.921 bits per heavy atom. The summed E-state index contributed by atoms with van der Waals surface area (Å²) < 4.78 is 29.7. The van der Waals surface area contributed by atoms with Gasteiger partial charge in [0.25, 0.3) is 15.9 Å². The number of carbonyl (C=O) groups is 1. The van der Waals surface area contributed by atoms with E-state index < -0.39 is 22.5 Å². The van der Waals surface area contributed by atoms with Gasteiger partial charge in [0.15, 0.2) is 0 Å².